The average molecular weight is 209 g/mol. The van der Waals surface area contributed by atoms with E-state index in [4.69, 9.17) is 21.7 Å². The van der Waals surface area contributed by atoms with Crippen LogP contribution in [0, 0.1) is 0 Å². The highest BCUT2D eigenvalue weighted by Gasteiger charge is 2.23. The van der Waals surface area contributed by atoms with Crippen molar-refractivity contribution in [2.24, 2.45) is 0 Å². The maximum absolute atomic E-state index is 5.66. The van der Waals surface area contributed by atoms with E-state index in [1.165, 1.54) is 0 Å². The van der Waals surface area contributed by atoms with E-state index >= 15 is 0 Å². The fourth-order valence-electron chi connectivity index (χ4n) is 1.31. The molecule has 14 heavy (non-hydrogen) atoms. The summed E-state index contributed by atoms with van der Waals surface area (Å²) in [5.41, 5.74) is 0. The van der Waals surface area contributed by atoms with Crippen LogP contribution in [0.4, 0.5) is 0 Å². The maximum atomic E-state index is 5.66. The highest BCUT2D eigenvalue weighted by molar-refractivity contribution is 7.80. The number of nitrogens with one attached hydrogen (secondary N) is 1. The quantitative estimate of drug-likeness (QED) is 0.708. The van der Waals surface area contributed by atoms with Crippen LogP contribution >= 0.6 is 12.2 Å². The van der Waals surface area contributed by atoms with Gasteiger partial charge in [-0.2, -0.15) is 0 Å². The van der Waals surface area contributed by atoms with E-state index in [1.807, 2.05) is 24.3 Å². The van der Waals surface area contributed by atoms with Crippen LogP contribution in [0.2, 0.25) is 0 Å². The molecule has 1 aromatic rings. The Morgan fingerprint density at radius 2 is 2.14 bits per heavy atom. The van der Waals surface area contributed by atoms with Crippen molar-refractivity contribution in [1.82, 2.24) is 5.32 Å². The normalized spacial score (nSPS) is 18.8. The molecule has 74 valence electrons. The van der Waals surface area contributed by atoms with Gasteiger partial charge in [0.25, 0.3) is 0 Å². The van der Waals surface area contributed by atoms with Gasteiger partial charge >= 0.3 is 0 Å². The van der Waals surface area contributed by atoms with E-state index in [0.717, 1.165) is 11.5 Å². The summed E-state index contributed by atoms with van der Waals surface area (Å²) < 4.78 is 11.2. The SMILES string of the molecule is CNC(=S)[C@H]1COc2ccccc2O1. The van der Waals surface area contributed by atoms with Gasteiger partial charge in [0.15, 0.2) is 17.6 Å². The maximum Gasteiger partial charge on any atom is 0.182 e. The summed E-state index contributed by atoms with van der Waals surface area (Å²) in [6.07, 6.45) is -0.176. The number of ether oxygens (including phenoxy) is 2. The Kier molecular flexibility index (Phi) is 2.54. The number of hydrogen-bond acceptors (Lipinski definition) is 3. The minimum Gasteiger partial charge on any atom is -0.485 e. The van der Waals surface area contributed by atoms with Gasteiger partial charge in [0.1, 0.15) is 11.6 Å². The van der Waals surface area contributed by atoms with Crippen LogP contribution in [0.1, 0.15) is 0 Å². The van der Waals surface area contributed by atoms with Gasteiger partial charge in [-0.15, -0.1) is 0 Å². The molecule has 0 fully saturated rings. The second-order valence-corrected chi connectivity index (χ2v) is 3.42. The van der Waals surface area contributed by atoms with Gasteiger partial charge in [0, 0.05) is 7.05 Å². The summed E-state index contributed by atoms with van der Waals surface area (Å²) in [4.78, 5) is 0.666. The minimum atomic E-state index is -0.176. The van der Waals surface area contributed by atoms with Crippen molar-refractivity contribution < 1.29 is 9.47 Å². The van der Waals surface area contributed by atoms with Crippen LogP contribution in [0.15, 0.2) is 24.3 Å². The lowest BCUT2D eigenvalue weighted by Gasteiger charge is -2.26. The van der Waals surface area contributed by atoms with Crippen LogP contribution in [-0.4, -0.2) is 24.7 Å². The first-order chi connectivity index (χ1) is 6.81. The number of likely N-dealkylation sites (N-methyl/N-ethyl adjacent to an activating group) is 1. The molecule has 0 aromatic heterocycles. The smallest absolute Gasteiger partial charge is 0.182 e. The van der Waals surface area contributed by atoms with E-state index in [2.05, 4.69) is 5.32 Å². The van der Waals surface area contributed by atoms with E-state index in [0.29, 0.717) is 11.6 Å². The van der Waals surface area contributed by atoms with Crippen LogP contribution < -0.4 is 14.8 Å². The molecule has 0 spiro atoms. The second-order valence-electron chi connectivity index (χ2n) is 2.98. The van der Waals surface area contributed by atoms with Gasteiger partial charge in [0.05, 0.1) is 0 Å². The third kappa shape index (κ3) is 1.65. The largest absolute Gasteiger partial charge is 0.485 e. The van der Waals surface area contributed by atoms with Crippen molar-refractivity contribution in [3.05, 3.63) is 24.3 Å². The first kappa shape index (κ1) is 9.27. The molecule has 1 aliphatic rings. The Bertz CT molecular complexity index is 354. The van der Waals surface area contributed by atoms with Gasteiger partial charge in [-0.1, -0.05) is 24.4 Å². The number of rotatable bonds is 1. The van der Waals surface area contributed by atoms with Crippen molar-refractivity contribution in [3.63, 3.8) is 0 Å². The van der Waals surface area contributed by atoms with Gasteiger partial charge in [-0.3, -0.25) is 0 Å². The topological polar surface area (TPSA) is 30.5 Å². The molecule has 0 radical (unpaired) electrons. The Labute approximate surface area is 88.0 Å². The van der Waals surface area contributed by atoms with Crippen molar-refractivity contribution in [2.75, 3.05) is 13.7 Å². The summed E-state index contributed by atoms with van der Waals surface area (Å²) in [7, 11) is 1.78. The third-order valence-electron chi connectivity index (χ3n) is 2.05. The first-order valence-electron chi connectivity index (χ1n) is 4.41. The molecular formula is C10H11NO2S. The highest BCUT2D eigenvalue weighted by Crippen LogP contribution is 2.30. The number of hydrogen-bond donors (Lipinski definition) is 1. The molecule has 0 saturated heterocycles. The molecule has 4 heteroatoms. The third-order valence-corrected chi connectivity index (χ3v) is 2.51. The first-order valence-corrected chi connectivity index (χ1v) is 4.82. The van der Waals surface area contributed by atoms with Crippen molar-refractivity contribution in [1.29, 1.82) is 0 Å². The van der Waals surface area contributed by atoms with E-state index < -0.39 is 0 Å². The van der Waals surface area contributed by atoms with Gasteiger partial charge in [-0.25, -0.2) is 0 Å². The van der Waals surface area contributed by atoms with E-state index in [-0.39, 0.29) is 6.10 Å². The number of benzene rings is 1. The highest BCUT2D eigenvalue weighted by atomic mass is 32.1. The summed E-state index contributed by atoms with van der Waals surface area (Å²) >= 11 is 5.09. The molecule has 1 N–H and O–H groups in total. The molecule has 2 rings (SSSR count). The number of para-hydroxylation sites is 2. The second kappa shape index (κ2) is 3.84. The Morgan fingerprint density at radius 3 is 2.86 bits per heavy atom. The van der Waals surface area contributed by atoms with Crippen molar-refractivity contribution in [3.8, 4) is 11.5 Å². The number of fused-ring (bicyclic) bond motifs is 1. The zero-order chi connectivity index (χ0) is 9.97. The molecule has 0 aliphatic carbocycles. The van der Waals surface area contributed by atoms with Crippen molar-refractivity contribution in [2.45, 2.75) is 6.10 Å². The Morgan fingerprint density at radius 1 is 1.43 bits per heavy atom. The molecule has 0 saturated carbocycles. The molecule has 0 unspecified atom stereocenters. The van der Waals surface area contributed by atoms with Crippen LogP contribution in [-0.2, 0) is 0 Å². The average Bonchev–Trinajstić information content (AvgIpc) is 2.27. The van der Waals surface area contributed by atoms with Gasteiger partial charge < -0.3 is 14.8 Å². The van der Waals surface area contributed by atoms with E-state index in [9.17, 15) is 0 Å². The minimum absolute atomic E-state index is 0.176. The molecule has 1 aromatic carbocycles. The van der Waals surface area contributed by atoms with Crippen LogP contribution in [0.3, 0.4) is 0 Å². The summed E-state index contributed by atoms with van der Waals surface area (Å²) in [6.45, 7) is 0.469. The van der Waals surface area contributed by atoms with Crippen LogP contribution in [0.25, 0.3) is 0 Å². The molecule has 1 aliphatic heterocycles. The summed E-state index contributed by atoms with van der Waals surface area (Å²) in [5.74, 6) is 1.53. The lowest BCUT2D eigenvalue weighted by Crippen LogP contribution is -2.41. The lowest BCUT2D eigenvalue weighted by atomic mass is 10.2. The molecular weight excluding hydrogens is 198 g/mol. The zero-order valence-corrected chi connectivity index (χ0v) is 8.64. The zero-order valence-electron chi connectivity index (χ0n) is 7.82. The Hall–Kier alpha value is -1.29. The molecule has 3 nitrogen and oxygen atoms in total. The predicted molar refractivity (Wildman–Crippen MR) is 58.0 cm³/mol. The Balaban J connectivity index is 2.17. The lowest BCUT2D eigenvalue weighted by molar-refractivity contribution is 0.134. The summed E-state index contributed by atoms with van der Waals surface area (Å²) in [5, 5.41) is 2.89. The predicted octanol–water partition coefficient (Wildman–Crippen LogP) is 1.37. The number of thiocarbonyl (C=S) groups is 1. The van der Waals surface area contributed by atoms with Crippen molar-refractivity contribution >= 4 is 17.2 Å². The summed E-state index contributed by atoms with van der Waals surface area (Å²) in [6, 6.07) is 7.58. The fourth-order valence-corrected chi connectivity index (χ4v) is 1.43. The van der Waals surface area contributed by atoms with Gasteiger partial charge in [0.2, 0.25) is 0 Å². The monoisotopic (exact) mass is 209 g/mol. The van der Waals surface area contributed by atoms with Gasteiger partial charge in [-0.05, 0) is 12.1 Å². The molecule has 0 amide bonds. The molecule has 0 bridgehead atoms. The molecule has 1 atom stereocenters. The van der Waals surface area contributed by atoms with E-state index in [1.54, 1.807) is 7.05 Å². The standard InChI is InChI=1S/C10H11NO2S/c1-11-10(14)9-6-12-7-4-2-3-5-8(7)13-9/h2-5,9H,6H2,1H3,(H,11,14)/t9-/m1/s1. The fraction of sp³-hybridized carbons (Fsp3) is 0.300. The van der Waals surface area contributed by atoms with Crippen LogP contribution in [0.5, 0.6) is 11.5 Å². The molecule has 1 heterocycles.